The first-order valence-electron chi connectivity index (χ1n) is 13.0. The summed E-state index contributed by atoms with van der Waals surface area (Å²) in [5, 5.41) is 22.6. The van der Waals surface area contributed by atoms with Crippen LogP contribution < -0.4 is 4.74 Å². The maximum absolute atomic E-state index is 13.5. The number of aromatic hydroxyl groups is 1. The molecule has 200 valence electrons. The maximum Gasteiger partial charge on any atom is 0.295 e. The number of nitrogens with zero attached hydrogens (tertiary/aromatic N) is 1. The molecule has 1 aromatic heterocycles. The Morgan fingerprint density at radius 2 is 1.79 bits per heavy atom. The summed E-state index contributed by atoms with van der Waals surface area (Å²) in [4.78, 5) is 31.7. The van der Waals surface area contributed by atoms with Crippen molar-refractivity contribution in [2.45, 2.75) is 39.2 Å². The molecule has 3 N–H and O–H groups in total. The molecule has 3 aromatic carbocycles. The zero-order valence-electron chi connectivity index (χ0n) is 22.5. The Balaban J connectivity index is 1.61. The normalized spacial score (nSPS) is 16.9. The van der Waals surface area contributed by atoms with Crippen molar-refractivity contribution in [3.8, 4) is 11.5 Å². The van der Waals surface area contributed by atoms with Crippen LogP contribution in [0.4, 0.5) is 0 Å². The van der Waals surface area contributed by atoms with Crippen molar-refractivity contribution in [1.82, 2.24) is 9.88 Å². The highest BCUT2D eigenvalue weighted by Gasteiger charge is 2.46. The molecule has 0 saturated carbocycles. The highest BCUT2D eigenvalue weighted by molar-refractivity contribution is 6.46. The molecule has 1 unspecified atom stereocenters. The number of methoxy groups -OCH3 is 1. The van der Waals surface area contributed by atoms with E-state index < -0.39 is 17.7 Å². The zero-order chi connectivity index (χ0) is 27.8. The van der Waals surface area contributed by atoms with Crippen LogP contribution in [-0.2, 0) is 16.0 Å². The number of hydrogen-bond acceptors (Lipinski definition) is 5. The first-order valence-corrected chi connectivity index (χ1v) is 13.0. The molecule has 1 fully saturated rings. The maximum atomic E-state index is 13.5. The van der Waals surface area contributed by atoms with Crippen LogP contribution in [0.3, 0.4) is 0 Å². The van der Waals surface area contributed by atoms with Gasteiger partial charge in [-0.25, -0.2) is 0 Å². The monoisotopic (exact) mass is 524 g/mol. The van der Waals surface area contributed by atoms with Crippen LogP contribution in [0.15, 0.2) is 72.4 Å². The number of rotatable bonds is 7. The highest BCUT2D eigenvalue weighted by atomic mass is 16.5. The molecule has 1 atom stereocenters. The number of H-pyrrole nitrogens is 1. The van der Waals surface area contributed by atoms with Crippen molar-refractivity contribution in [2.75, 3.05) is 13.7 Å². The van der Waals surface area contributed by atoms with Crippen LogP contribution in [0.1, 0.15) is 53.6 Å². The van der Waals surface area contributed by atoms with Gasteiger partial charge in [-0.3, -0.25) is 9.59 Å². The summed E-state index contributed by atoms with van der Waals surface area (Å²) in [5.41, 5.74) is 4.79. The van der Waals surface area contributed by atoms with Gasteiger partial charge in [0.15, 0.2) is 0 Å². The van der Waals surface area contributed by atoms with Gasteiger partial charge in [-0.2, -0.15) is 0 Å². The topological polar surface area (TPSA) is 103 Å². The minimum atomic E-state index is -0.806. The van der Waals surface area contributed by atoms with Gasteiger partial charge in [-0.1, -0.05) is 44.2 Å². The second-order valence-electron chi connectivity index (χ2n) is 10.3. The van der Waals surface area contributed by atoms with Crippen molar-refractivity contribution >= 4 is 28.4 Å². The predicted octanol–water partition coefficient (Wildman–Crippen LogP) is 5.98. The van der Waals surface area contributed by atoms with Crippen LogP contribution in [0.5, 0.6) is 11.5 Å². The minimum absolute atomic E-state index is 0.0348. The molecule has 39 heavy (non-hydrogen) atoms. The number of aryl methyl sites for hydroxylation is 1. The molecule has 7 nitrogen and oxygen atoms in total. The number of amides is 1. The van der Waals surface area contributed by atoms with E-state index in [0.29, 0.717) is 23.3 Å². The summed E-state index contributed by atoms with van der Waals surface area (Å²) in [7, 11) is 1.60. The van der Waals surface area contributed by atoms with Gasteiger partial charge >= 0.3 is 0 Å². The first kappa shape index (κ1) is 26.1. The van der Waals surface area contributed by atoms with Gasteiger partial charge in [-0.15, -0.1) is 0 Å². The number of aliphatic hydroxyl groups excluding tert-OH is 1. The standard InChI is InChI=1S/C32H32N2O5/c1-18(2)24-16-25(19(3)15-27(24)39-4)30(36)28-29(20-9-11-22(35)12-10-20)34(32(38)31(28)37)14-13-21-17-33-26-8-6-5-7-23(21)26/h5-12,15-18,29,33,35-36H,13-14H2,1-4H3/b30-28+. The van der Waals surface area contributed by atoms with E-state index in [-0.39, 0.29) is 29.5 Å². The average Bonchev–Trinajstić information content (AvgIpc) is 3.45. The van der Waals surface area contributed by atoms with Crippen molar-refractivity contribution < 1.29 is 24.5 Å². The lowest BCUT2D eigenvalue weighted by atomic mass is 9.91. The number of benzene rings is 3. The third-order valence-corrected chi connectivity index (χ3v) is 7.50. The number of aromatic nitrogens is 1. The number of fused-ring (bicyclic) bond motifs is 1. The van der Waals surface area contributed by atoms with E-state index in [1.165, 1.54) is 17.0 Å². The Morgan fingerprint density at radius 3 is 2.49 bits per heavy atom. The van der Waals surface area contributed by atoms with E-state index in [0.717, 1.165) is 27.6 Å². The second-order valence-corrected chi connectivity index (χ2v) is 10.3. The van der Waals surface area contributed by atoms with E-state index >= 15 is 0 Å². The zero-order valence-corrected chi connectivity index (χ0v) is 22.5. The van der Waals surface area contributed by atoms with Crippen molar-refractivity contribution in [3.05, 3.63) is 100 Å². The van der Waals surface area contributed by atoms with Crippen LogP contribution in [0.25, 0.3) is 16.7 Å². The number of carbonyl (C=O) groups excluding carboxylic acids is 2. The summed E-state index contributed by atoms with van der Waals surface area (Å²) in [6.07, 6.45) is 2.44. The number of phenols is 1. The average molecular weight is 525 g/mol. The van der Waals surface area contributed by atoms with Gasteiger partial charge in [0.25, 0.3) is 11.7 Å². The van der Waals surface area contributed by atoms with Gasteiger partial charge in [0.05, 0.1) is 18.7 Å². The Hall–Kier alpha value is -4.52. The molecule has 4 aromatic rings. The number of phenolic OH excluding ortho intramolecular Hbond substituents is 1. The van der Waals surface area contributed by atoms with Crippen LogP contribution in [0.2, 0.25) is 0 Å². The molecule has 0 spiro atoms. The number of ether oxygens (including phenoxy) is 1. The minimum Gasteiger partial charge on any atom is -0.508 e. The number of ketones is 1. The molecule has 0 aliphatic carbocycles. The van der Waals surface area contributed by atoms with E-state index in [2.05, 4.69) is 4.98 Å². The molecule has 0 bridgehead atoms. The highest BCUT2D eigenvalue weighted by Crippen LogP contribution is 2.42. The third-order valence-electron chi connectivity index (χ3n) is 7.50. The molecular weight excluding hydrogens is 492 g/mol. The molecule has 0 radical (unpaired) electrons. The molecule has 1 aliphatic rings. The van der Waals surface area contributed by atoms with E-state index in [1.807, 2.05) is 63.4 Å². The molecule has 1 aliphatic heterocycles. The van der Waals surface area contributed by atoms with Crippen molar-refractivity contribution in [2.24, 2.45) is 0 Å². The Bertz CT molecular complexity index is 1600. The summed E-state index contributed by atoms with van der Waals surface area (Å²) < 4.78 is 5.55. The van der Waals surface area contributed by atoms with Gasteiger partial charge < -0.3 is 24.8 Å². The van der Waals surface area contributed by atoms with Crippen LogP contribution in [0, 0.1) is 6.92 Å². The number of hydrogen-bond donors (Lipinski definition) is 3. The van der Waals surface area contributed by atoms with E-state index in [4.69, 9.17) is 4.74 Å². The van der Waals surface area contributed by atoms with Gasteiger partial charge in [-0.05, 0) is 71.8 Å². The first-order chi connectivity index (χ1) is 18.7. The van der Waals surface area contributed by atoms with E-state index in [9.17, 15) is 19.8 Å². The quantitative estimate of drug-likeness (QED) is 0.157. The fourth-order valence-corrected chi connectivity index (χ4v) is 5.42. The lowest BCUT2D eigenvalue weighted by molar-refractivity contribution is -0.139. The largest absolute Gasteiger partial charge is 0.508 e. The lowest BCUT2D eigenvalue weighted by Crippen LogP contribution is -2.31. The van der Waals surface area contributed by atoms with Gasteiger partial charge in [0.1, 0.15) is 17.3 Å². The summed E-state index contributed by atoms with van der Waals surface area (Å²) in [6.45, 7) is 6.16. The number of aliphatic hydroxyl groups is 1. The number of Topliss-reactive ketones (excluding diaryl/α,β-unsaturated/α-hetero) is 1. The summed E-state index contributed by atoms with van der Waals surface area (Å²) >= 11 is 0. The van der Waals surface area contributed by atoms with E-state index in [1.54, 1.807) is 19.2 Å². The predicted molar refractivity (Wildman–Crippen MR) is 151 cm³/mol. The molecule has 7 heteroatoms. The third kappa shape index (κ3) is 4.65. The summed E-state index contributed by atoms with van der Waals surface area (Å²) in [6, 6.07) is 17.2. The number of carbonyl (C=O) groups is 2. The second kappa shape index (κ2) is 10.3. The van der Waals surface area contributed by atoms with Crippen LogP contribution >= 0.6 is 0 Å². The Kier molecular flexibility index (Phi) is 6.91. The van der Waals surface area contributed by atoms with Crippen molar-refractivity contribution in [3.63, 3.8) is 0 Å². The van der Waals surface area contributed by atoms with Crippen LogP contribution in [-0.4, -0.2) is 45.4 Å². The fraction of sp³-hybridized carbons (Fsp3) is 0.250. The molecule has 1 amide bonds. The SMILES string of the molecule is COc1cc(C)c(/C(O)=C2\C(=O)C(=O)N(CCc3c[nH]c4ccccc34)C2c2ccc(O)cc2)cc1C(C)C. The lowest BCUT2D eigenvalue weighted by Gasteiger charge is -2.25. The van der Waals surface area contributed by atoms with Gasteiger partial charge in [0.2, 0.25) is 0 Å². The smallest absolute Gasteiger partial charge is 0.295 e. The van der Waals surface area contributed by atoms with Gasteiger partial charge in [0, 0.05) is 29.2 Å². The molecule has 1 saturated heterocycles. The Morgan fingerprint density at radius 1 is 1.08 bits per heavy atom. The number of para-hydroxylation sites is 1. The fourth-order valence-electron chi connectivity index (χ4n) is 5.42. The molecule has 5 rings (SSSR count). The number of likely N-dealkylation sites (tertiary alicyclic amines) is 1. The number of aromatic amines is 1. The van der Waals surface area contributed by atoms with Crippen molar-refractivity contribution in [1.29, 1.82) is 0 Å². The summed E-state index contributed by atoms with van der Waals surface area (Å²) in [5.74, 6) is -0.729. The molecule has 2 heterocycles. The number of nitrogens with one attached hydrogen (secondary N) is 1. The Labute approximate surface area is 227 Å². The molecular formula is C32H32N2O5.